The Morgan fingerprint density at radius 3 is 2.68 bits per heavy atom. The lowest BCUT2D eigenvalue weighted by Gasteiger charge is -2.43. The summed E-state index contributed by atoms with van der Waals surface area (Å²) >= 11 is 1.47. The Balaban J connectivity index is 1.24. The summed E-state index contributed by atoms with van der Waals surface area (Å²) in [5.74, 6) is 1.07. The van der Waals surface area contributed by atoms with Gasteiger partial charge < -0.3 is 19.5 Å². The molecule has 2 aliphatic heterocycles. The average molecular weight is 517 g/mol. The first-order valence-corrected chi connectivity index (χ1v) is 12.7. The van der Waals surface area contributed by atoms with Crippen LogP contribution in [0.5, 0.6) is 11.5 Å². The number of ether oxygens (including phenoxy) is 2. The highest BCUT2D eigenvalue weighted by atomic mass is 32.1. The second-order valence-corrected chi connectivity index (χ2v) is 9.96. The number of carbonyl (C=O) groups is 1. The normalized spacial score (nSPS) is 16.1. The summed E-state index contributed by atoms with van der Waals surface area (Å²) in [5.41, 5.74) is 2.81. The molecule has 0 saturated carbocycles. The molecule has 0 atom stereocenters. The number of benzene rings is 2. The number of carboxylic acids is 1. The Morgan fingerprint density at radius 2 is 1.89 bits per heavy atom. The summed E-state index contributed by atoms with van der Waals surface area (Å²) in [6, 6.07) is 16.2. The van der Waals surface area contributed by atoms with Crippen molar-refractivity contribution in [3.63, 3.8) is 0 Å². The molecule has 2 aromatic carbocycles. The Morgan fingerprint density at radius 1 is 1.14 bits per heavy atom. The van der Waals surface area contributed by atoms with E-state index in [1.165, 1.54) is 11.3 Å². The lowest BCUT2D eigenvalue weighted by Crippen LogP contribution is -2.48. The van der Waals surface area contributed by atoms with Gasteiger partial charge in [0, 0.05) is 37.1 Å². The van der Waals surface area contributed by atoms with Crippen LogP contribution in [0.2, 0.25) is 0 Å². The molecule has 4 heterocycles. The number of aromatic nitrogens is 5. The topological polar surface area (TPSA) is 115 Å². The molecule has 11 heteroatoms. The molecule has 1 spiro atoms. The first-order chi connectivity index (χ1) is 18.0. The summed E-state index contributed by atoms with van der Waals surface area (Å²) in [5, 5.41) is 21.7. The smallest absolute Gasteiger partial charge is 0.327 e. The molecule has 188 valence electrons. The van der Waals surface area contributed by atoms with Crippen molar-refractivity contribution in [3.05, 3.63) is 71.9 Å². The summed E-state index contributed by atoms with van der Waals surface area (Å²) in [6.45, 7) is 1.20. The summed E-state index contributed by atoms with van der Waals surface area (Å²) < 4.78 is 12.3. The number of hydrogen-bond donors (Lipinski definition) is 1. The van der Waals surface area contributed by atoms with Crippen LogP contribution in [0.1, 0.15) is 24.0 Å². The van der Waals surface area contributed by atoms with Gasteiger partial charge in [-0.15, -0.1) is 10.2 Å². The van der Waals surface area contributed by atoms with Crippen molar-refractivity contribution in [1.29, 1.82) is 0 Å². The third kappa shape index (κ3) is 4.42. The van der Waals surface area contributed by atoms with Gasteiger partial charge in [0.05, 0.1) is 18.2 Å². The maximum absolute atomic E-state index is 10.9. The van der Waals surface area contributed by atoms with E-state index in [9.17, 15) is 4.79 Å². The molecule has 10 nitrogen and oxygen atoms in total. The van der Waals surface area contributed by atoms with Gasteiger partial charge in [0.15, 0.2) is 11.7 Å². The molecule has 2 aromatic heterocycles. The minimum Gasteiger partial charge on any atom is -0.496 e. The van der Waals surface area contributed by atoms with E-state index in [4.69, 9.17) is 14.6 Å². The van der Waals surface area contributed by atoms with Gasteiger partial charge in [0.2, 0.25) is 5.82 Å². The molecule has 1 saturated heterocycles. The third-order valence-corrected chi connectivity index (χ3v) is 7.67. The van der Waals surface area contributed by atoms with Crippen LogP contribution < -0.4 is 14.4 Å². The number of tetrazole rings is 1. The molecule has 0 bridgehead atoms. The number of aliphatic carboxylic acids is 1. The molecule has 1 fully saturated rings. The van der Waals surface area contributed by atoms with Crippen LogP contribution in [0.3, 0.4) is 0 Å². The molecular weight excluding hydrogens is 492 g/mol. The zero-order valence-corrected chi connectivity index (χ0v) is 20.9. The largest absolute Gasteiger partial charge is 0.496 e. The molecule has 0 radical (unpaired) electrons. The number of rotatable bonds is 6. The Hall–Kier alpha value is -4.25. The van der Waals surface area contributed by atoms with Crippen molar-refractivity contribution in [1.82, 2.24) is 25.2 Å². The average Bonchev–Trinajstić information content (AvgIpc) is 3.58. The van der Waals surface area contributed by atoms with Crippen LogP contribution in [0.4, 0.5) is 5.13 Å². The van der Waals surface area contributed by atoms with Gasteiger partial charge in [-0.2, -0.15) is 4.80 Å². The Kier molecular flexibility index (Phi) is 5.84. The number of methoxy groups -OCH3 is 1. The van der Waals surface area contributed by atoms with Crippen molar-refractivity contribution in [3.8, 4) is 22.2 Å². The second-order valence-electron chi connectivity index (χ2n) is 8.95. The number of para-hydroxylation sites is 2. The number of anilines is 1. The molecule has 0 amide bonds. The van der Waals surface area contributed by atoms with E-state index in [1.807, 2.05) is 36.4 Å². The fourth-order valence-electron chi connectivity index (χ4n) is 4.82. The number of hydrogen-bond acceptors (Lipinski definition) is 9. The van der Waals surface area contributed by atoms with Crippen LogP contribution in [0.25, 0.3) is 16.3 Å². The second kappa shape index (κ2) is 9.32. The molecule has 0 unspecified atom stereocenters. The van der Waals surface area contributed by atoms with E-state index in [-0.39, 0.29) is 6.54 Å². The van der Waals surface area contributed by atoms with Crippen LogP contribution in [-0.2, 0) is 11.3 Å². The van der Waals surface area contributed by atoms with E-state index in [2.05, 4.69) is 43.5 Å². The Bertz CT molecular complexity index is 1490. The fraction of sp³-hybridized carbons (Fsp3) is 0.269. The number of thiazole rings is 1. The quantitative estimate of drug-likeness (QED) is 0.409. The van der Waals surface area contributed by atoms with Gasteiger partial charge in [-0.05, 0) is 29.0 Å². The van der Waals surface area contributed by atoms with Crippen LogP contribution in [0.15, 0.2) is 60.8 Å². The number of carboxylic acid groups (broad SMARTS) is 1. The van der Waals surface area contributed by atoms with Crippen molar-refractivity contribution in [2.45, 2.75) is 25.0 Å². The lowest BCUT2D eigenvalue weighted by atomic mass is 9.83. The van der Waals surface area contributed by atoms with Crippen LogP contribution in [0, 0.1) is 0 Å². The molecular formula is C26H24N6O4S. The van der Waals surface area contributed by atoms with Gasteiger partial charge >= 0.3 is 5.97 Å². The molecule has 0 aliphatic carbocycles. The van der Waals surface area contributed by atoms with Gasteiger partial charge in [0.1, 0.15) is 17.1 Å². The fourth-order valence-corrected chi connectivity index (χ4v) is 5.72. The van der Waals surface area contributed by atoms with Crippen LogP contribution in [-0.4, -0.2) is 62.1 Å². The summed E-state index contributed by atoms with van der Waals surface area (Å²) in [6.07, 6.45) is 5.56. The predicted octanol–water partition coefficient (Wildman–Crippen LogP) is 3.75. The van der Waals surface area contributed by atoms with Gasteiger partial charge in [0.25, 0.3) is 0 Å². The van der Waals surface area contributed by atoms with E-state index in [0.29, 0.717) is 5.82 Å². The van der Waals surface area contributed by atoms with E-state index >= 15 is 0 Å². The van der Waals surface area contributed by atoms with E-state index in [0.717, 1.165) is 68.9 Å². The highest BCUT2D eigenvalue weighted by Gasteiger charge is 2.40. The maximum atomic E-state index is 10.9. The molecule has 6 rings (SSSR count). The van der Waals surface area contributed by atoms with Crippen molar-refractivity contribution in [2.24, 2.45) is 0 Å². The van der Waals surface area contributed by atoms with E-state index in [1.54, 1.807) is 13.3 Å². The van der Waals surface area contributed by atoms with Crippen LogP contribution >= 0.6 is 11.3 Å². The number of piperidine rings is 1. The summed E-state index contributed by atoms with van der Waals surface area (Å²) in [4.78, 5) is 19.5. The lowest BCUT2D eigenvalue weighted by molar-refractivity contribution is -0.138. The third-order valence-electron chi connectivity index (χ3n) is 6.62. The first kappa shape index (κ1) is 23.2. The number of nitrogens with zero attached hydrogens (tertiary/aromatic N) is 6. The number of fused-ring (bicyclic) bond motifs is 1. The minimum atomic E-state index is -1.02. The first-order valence-electron chi connectivity index (χ1n) is 11.9. The molecule has 37 heavy (non-hydrogen) atoms. The van der Waals surface area contributed by atoms with Gasteiger partial charge in [-0.25, -0.2) is 4.98 Å². The zero-order chi connectivity index (χ0) is 25.4. The van der Waals surface area contributed by atoms with Gasteiger partial charge in [-0.1, -0.05) is 47.7 Å². The predicted molar refractivity (Wildman–Crippen MR) is 138 cm³/mol. The maximum Gasteiger partial charge on any atom is 0.327 e. The minimum absolute atomic E-state index is 0.333. The molecule has 4 aromatic rings. The standard InChI is InChI=1S/C26H24N6O4S/c1-35-20-8-4-2-6-17(20)19-14-26(36-21-9-5-3-7-18(19)21)10-12-31(13-11-26)25-27-15-22(37-25)24-28-30-32(29-24)16-23(33)34/h2-9,14-15H,10-13,16H2,1H3,(H,33,34). The zero-order valence-electron chi connectivity index (χ0n) is 20.1. The SMILES string of the molecule is COc1ccccc1C1=CC2(CCN(c3ncc(-c4nnn(CC(=O)O)n4)s3)CC2)Oc2ccccc21. The monoisotopic (exact) mass is 516 g/mol. The van der Waals surface area contributed by atoms with E-state index < -0.39 is 11.6 Å². The molecule has 2 aliphatic rings. The highest BCUT2D eigenvalue weighted by Crippen LogP contribution is 2.45. The highest BCUT2D eigenvalue weighted by molar-refractivity contribution is 7.18. The van der Waals surface area contributed by atoms with Crippen molar-refractivity contribution < 1.29 is 19.4 Å². The molecule has 1 N–H and O–H groups in total. The Labute approximate surface area is 216 Å². The van der Waals surface area contributed by atoms with Crippen molar-refractivity contribution in [2.75, 3.05) is 25.1 Å². The summed E-state index contributed by atoms with van der Waals surface area (Å²) in [7, 11) is 1.70. The van der Waals surface area contributed by atoms with Gasteiger partial charge in [-0.3, -0.25) is 4.79 Å². The van der Waals surface area contributed by atoms with Crippen molar-refractivity contribution >= 4 is 28.0 Å².